The van der Waals surface area contributed by atoms with Crippen molar-refractivity contribution in [1.82, 2.24) is 24.6 Å². The predicted molar refractivity (Wildman–Crippen MR) is 122 cm³/mol. The van der Waals surface area contributed by atoms with Gasteiger partial charge in [-0.3, -0.25) is 9.59 Å². The van der Waals surface area contributed by atoms with E-state index < -0.39 is 0 Å². The third-order valence-electron chi connectivity index (χ3n) is 6.62. The number of nitrogens with zero attached hydrogens (tertiary/aromatic N) is 5. The molecule has 33 heavy (non-hydrogen) atoms. The van der Waals surface area contributed by atoms with Gasteiger partial charge in [-0.15, -0.1) is 0 Å². The van der Waals surface area contributed by atoms with E-state index in [1.165, 1.54) is 5.56 Å². The normalized spacial score (nSPS) is 15.6. The van der Waals surface area contributed by atoms with Crippen LogP contribution in [0.25, 0.3) is 17.2 Å². The van der Waals surface area contributed by atoms with Gasteiger partial charge in [0.15, 0.2) is 0 Å². The number of hydrogen-bond acceptors (Lipinski definition) is 6. The molecular formula is C25H27N5O3. The molecule has 8 heteroatoms. The summed E-state index contributed by atoms with van der Waals surface area (Å²) in [5.74, 6) is 0.0803. The lowest BCUT2D eigenvalue weighted by molar-refractivity contribution is -0.149. The Kier molecular flexibility index (Phi) is 5.66. The Hall–Kier alpha value is -3.55. The number of likely N-dealkylation sites (tertiary alicyclic amines) is 1. The van der Waals surface area contributed by atoms with Crippen LogP contribution in [0, 0.1) is 12.8 Å². The zero-order valence-corrected chi connectivity index (χ0v) is 19.0. The average molecular weight is 446 g/mol. The number of benzene rings is 1. The zero-order valence-electron chi connectivity index (χ0n) is 19.0. The van der Waals surface area contributed by atoms with Crippen molar-refractivity contribution in [1.29, 1.82) is 0 Å². The molecule has 1 aliphatic heterocycles. The summed E-state index contributed by atoms with van der Waals surface area (Å²) in [5, 5.41) is 4.44. The van der Waals surface area contributed by atoms with Crippen molar-refractivity contribution in [2.45, 2.75) is 39.5 Å². The van der Waals surface area contributed by atoms with Gasteiger partial charge in [0.2, 0.25) is 0 Å². The van der Waals surface area contributed by atoms with Gasteiger partial charge in [0.1, 0.15) is 0 Å². The molecule has 2 aliphatic rings. The maximum atomic E-state index is 13.2. The monoisotopic (exact) mass is 445 g/mol. The van der Waals surface area contributed by atoms with E-state index in [0.29, 0.717) is 49.7 Å². The number of carbonyl (C=O) groups excluding carboxylic acids is 2. The van der Waals surface area contributed by atoms with E-state index >= 15 is 0 Å². The number of amides is 1. The molecule has 0 bridgehead atoms. The SMILES string of the molecule is CCOC(=O)C1CCN(C(=O)c2cnn(-c3ncc4c(n3)-c3ccccc3CC4)c2C)CC1. The van der Waals surface area contributed by atoms with Crippen LogP contribution < -0.4 is 0 Å². The van der Waals surface area contributed by atoms with Crippen LogP contribution in [0.1, 0.15) is 46.9 Å². The fourth-order valence-corrected chi connectivity index (χ4v) is 4.72. The highest BCUT2D eigenvalue weighted by atomic mass is 16.5. The van der Waals surface area contributed by atoms with Crippen molar-refractivity contribution in [2.24, 2.45) is 5.92 Å². The van der Waals surface area contributed by atoms with Crippen LogP contribution in [0.5, 0.6) is 0 Å². The topological polar surface area (TPSA) is 90.2 Å². The molecule has 0 saturated carbocycles. The third-order valence-corrected chi connectivity index (χ3v) is 6.62. The summed E-state index contributed by atoms with van der Waals surface area (Å²) < 4.78 is 6.76. The molecule has 0 spiro atoms. The summed E-state index contributed by atoms with van der Waals surface area (Å²) in [6.07, 6.45) is 6.59. The number of hydrogen-bond donors (Lipinski definition) is 0. The third kappa shape index (κ3) is 3.90. The second-order valence-corrected chi connectivity index (χ2v) is 8.57. The first-order valence-corrected chi connectivity index (χ1v) is 11.5. The number of aryl methyl sites for hydroxylation is 2. The van der Waals surface area contributed by atoms with E-state index in [4.69, 9.17) is 9.72 Å². The fraction of sp³-hybridized carbons (Fsp3) is 0.400. The summed E-state index contributed by atoms with van der Waals surface area (Å²) in [6.45, 7) is 5.11. The van der Waals surface area contributed by atoms with Crippen molar-refractivity contribution >= 4 is 11.9 Å². The Bertz CT molecular complexity index is 1210. The molecule has 1 amide bonds. The van der Waals surface area contributed by atoms with Gasteiger partial charge in [0.05, 0.1) is 35.7 Å². The quantitative estimate of drug-likeness (QED) is 0.573. The number of piperidine rings is 1. The summed E-state index contributed by atoms with van der Waals surface area (Å²) in [5.41, 5.74) is 5.72. The summed E-state index contributed by atoms with van der Waals surface area (Å²) in [6, 6.07) is 8.31. The molecule has 0 radical (unpaired) electrons. The number of rotatable bonds is 4. The van der Waals surface area contributed by atoms with E-state index in [2.05, 4.69) is 28.3 Å². The Morgan fingerprint density at radius 2 is 1.85 bits per heavy atom. The average Bonchev–Trinajstić information content (AvgIpc) is 3.24. The summed E-state index contributed by atoms with van der Waals surface area (Å²) in [4.78, 5) is 36.3. The molecule has 1 aromatic carbocycles. The van der Waals surface area contributed by atoms with Crippen LogP contribution in [-0.4, -0.2) is 56.2 Å². The molecule has 170 valence electrons. The lowest BCUT2D eigenvalue weighted by Gasteiger charge is -2.30. The van der Waals surface area contributed by atoms with E-state index in [1.807, 2.05) is 26.1 Å². The molecule has 3 heterocycles. The first kappa shape index (κ1) is 21.3. The van der Waals surface area contributed by atoms with Crippen LogP contribution in [0.2, 0.25) is 0 Å². The highest BCUT2D eigenvalue weighted by molar-refractivity contribution is 5.95. The highest BCUT2D eigenvalue weighted by Gasteiger charge is 2.30. The van der Waals surface area contributed by atoms with Gasteiger partial charge >= 0.3 is 5.97 Å². The van der Waals surface area contributed by atoms with Crippen LogP contribution in [0.4, 0.5) is 0 Å². The molecule has 0 unspecified atom stereocenters. The van der Waals surface area contributed by atoms with Gasteiger partial charge in [-0.2, -0.15) is 5.10 Å². The lowest BCUT2D eigenvalue weighted by Crippen LogP contribution is -2.40. The van der Waals surface area contributed by atoms with Crippen LogP contribution in [0.3, 0.4) is 0 Å². The Morgan fingerprint density at radius 3 is 2.64 bits per heavy atom. The minimum Gasteiger partial charge on any atom is -0.466 e. The van der Waals surface area contributed by atoms with Crippen molar-refractivity contribution in [2.75, 3.05) is 19.7 Å². The van der Waals surface area contributed by atoms with Crippen molar-refractivity contribution in [3.05, 3.63) is 59.0 Å². The highest BCUT2D eigenvalue weighted by Crippen LogP contribution is 2.32. The molecule has 5 rings (SSSR count). The summed E-state index contributed by atoms with van der Waals surface area (Å²) >= 11 is 0. The van der Waals surface area contributed by atoms with E-state index in [9.17, 15) is 9.59 Å². The van der Waals surface area contributed by atoms with E-state index in [-0.39, 0.29) is 17.8 Å². The number of carbonyl (C=O) groups is 2. The molecule has 0 atom stereocenters. The second kappa shape index (κ2) is 8.77. The molecule has 1 aliphatic carbocycles. The van der Waals surface area contributed by atoms with Gasteiger partial charge in [0, 0.05) is 24.8 Å². The minimum absolute atomic E-state index is 0.0793. The van der Waals surface area contributed by atoms with Crippen molar-refractivity contribution in [3.63, 3.8) is 0 Å². The lowest BCUT2D eigenvalue weighted by atomic mass is 9.90. The minimum atomic E-state index is -0.167. The standard InChI is InChI=1S/C25H27N5O3/c1-3-33-24(32)18-10-12-29(13-11-18)23(31)21-15-27-30(16(21)2)25-26-14-19-9-8-17-6-4-5-7-20(17)22(19)28-25/h4-7,14-15,18H,3,8-13H2,1-2H3. The maximum Gasteiger partial charge on any atom is 0.309 e. The fourth-order valence-electron chi connectivity index (χ4n) is 4.72. The Labute approximate surface area is 192 Å². The van der Waals surface area contributed by atoms with Crippen LogP contribution in [-0.2, 0) is 22.4 Å². The number of ether oxygens (including phenoxy) is 1. The molecule has 2 aromatic heterocycles. The Morgan fingerprint density at radius 1 is 1.09 bits per heavy atom. The maximum absolute atomic E-state index is 13.2. The van der Waals surface area contributed by atoms with Gasteiger partial charge in [-0.05, 0) is 50.7 Å². The summed E-state index contributed by atoms with van der Waals surface area (Å²) in [7, 11) is 0. The first-order valence-electron chi connectivity index (χ1n) is 11.5. The first-order chi connectivity index (χ1) is 16.1. The predicted octanol–water partition coefficient (Wildman–Crippen LogP) is 3.15. The van der Waals surface area contributed by atoms with E-state index in [1.54, 1.807) is 15.8 Å². The number of aromatic nitrogens is 4. The van der Waals surface area contributed by atoms with Crippen molar-refractivity contribution < 1.29 is 14.3 Å². The van der Waals surface area contributed by atoms with Crippen molar-refractivity contribution in [3.8, 4) is 17.2 Å². The smallest absolute Gasteiger partial charge is 0.309 e. The Balaban J connectivity index is 1.36. The number of esters is 1. The van der Waals surface area contributed by atoms with Gasteiger partial charge in [-0.25, -0.2) is 14.6 Å². The molecule has 1 fully saturated rings. The van der Waals surface area contributed by atoms with Gasteiger partial charge < -0.3 is 9.64 Å². The molecular weight excluding hydrogens is 418 g/mol. The van der Waals surface area contributed by atoms with Crippen LogP contribution in [0.15, 0.2) is 36.7 Å². The molecule has 1 saturated heterocycles. The molecule has 8 nitrogen and oxygen atoms in total. The number of fused-ring (bicyclic) bond motifs is 3. The van der Waals surface area contributed by atoms with Gasteiger partial charge in [0.25, 0.3) is 11.9 Å². The van der Waals surface area contributed by atoms with Gasteiger partial charge in [-0.1, -0.05) is 24.3 Å². The molecule has 3 aromatic rings. The van der Waals surface area contributed by atoms with Crippen LogP contribution >= 0.6 is 0 Å². The largest absolute Gasteiger partial charge is 0.466 e. The zero-order chi connectivity index (χ0) is 22.9. The molecule has 0 N–H and O–H groups in total. The van der Waals surface area contributed by atoms with E-state index in [0.717, 1.165) is 29.7 Å². The second-order valence-electron chi connectivity index (χ2n) is 8.57.